The molecule has 0 saturated heterocycles. The zero-order chi connectivity index (χ0) is 22.2. The van der Waals surface area contributed by atoms with Crippen LogP contribution < -0.4 is 0 Å². The quantitative estimate of drug-likeness (QED) is 0.469. The third kappa shape index (κ3) is 4.83. The molecule has 4 unspecified atom stereocenters. The first-order valence-corrected chi connectivity index (χ1v) is 14.9. The standard InChI is InChI=1S/C13H23OS.C10H16O4S/c1-15(11-7-3-2-4-8-11)13-10-6-5-9-12(13)14;1-9(2)7-3-4-10(9,8(11)5-7)6-15(12,13)14/h11,13H,2-10H2,1H3;7H,3-6H2,1-2H3,(H,12,13,14)/q+1;/p-1. The highest BCUT2D eigenvalue weighted by Gasteiger charge is 2.64. The average molecular weight is 459 g/mol. The van der Waals surface area contributed by atoms with Crippen LogP contribution in [0.4, 0.5) is 0 Å². The van der Waals surface area contributed by atoms with Gasteiger partial charge in [0.05, 0.1) is 22.1 Å². The molecule has 4 fully saturated rings. The molecule has 5 nitrogen and oxygen atoms in total. The number of carbonyl (C=O) groups is 2. The Kier molecular flexibility index (Phi) is 7.45. The molecule has 30 heavy (non-hydrogen) atoms. The van der Waals surface area contributed by atoms with Crippen LogP contribution in [0.15, 0.2) is 0 Å². The Morgan fingerprint density at radius 2 is 1.63 bits per heavy atom. The van der Waals surface area contributed by atoms with Crippen molar-refractivity contribution < 1.29 is 22.6 Å². The minimum absolute atomic E-state index is 0.0248. The fourth-order valence-corrected chi connectivity index (χ4v) is 10.3. The number of hydrogen-bond donors (Lipinski definition) is 0. The normalized spacial score (nSPS) is 35.1. The molecule has 4 aliphatic carbocycles. The molecule has 0 aliphatic heterocycles. The van der Waals surface area contributed by atoms with E-state index in [-0.39, 0.29) is 17.1 Å². The molecule has 0 heterocycles. The molecule has 0 N–H and O–H groups in total. The molecule has 0 aromatic heterocycles. The molecule has 172 valence electrons. The Bertz CT molecular complexity index is 754. The lowest BCUT2D eigenvalue weighted by molar-refractivity contribution is -0.128. The van der Waals surface area contributed by atoms with Crippen LogP contribution in [0, 0.1) is 16.7 Å². The van der Waals surface area contributed by atoms with Gasteiger partial charge in [-0.15, -0.1) is 0 Å². The maximum Gasteiger partial charge on any atom is 0.184 e. The summed E-state index contributed by atoms with van der Waals surface area (Å²) in [7, 11) is -3.95. The second-order valence-electron chi connectivity index (χ2n) is 10.4. The predicted octanol–water partition coefficient (Wildman–Crippen LogP) is 4.01. The summed E-state index contributed by atoms with van der Waals surface area (Å²) in [6.07, 6.45) is 15.8. The Morgan fingerprint density at radius 1 is 1.00 bits per heavy atom. The Morgan fingerprint density at radius 3 is 2.13 bits per heavy atom. The fraction of sp³-hybridized carbons (Fsp3) is 0.913. The molecule has 0 spiro atoms. The van der Waals surface area contributed by atoms with E-state index in [1.165, 1.54) is 44.9 Å². The van der Waals surface area contributed by atoms with E-state index < -0.39 is 21.3 Å². The lowest BCUT2D eigenvalue weighted by Crippen LogP contribution is -2.42. The van der Waals surface area contributed by atoms with Gasteiger partial charge in [0.15, 0.2) is 11.0 Å². The highest BCUT2D eigenvalue weighted by molar-refractivity contribution is 7.98. The van der Waals surface area contributed by atoms with Gasteiger partial charge in [0, 0.05) is 24.7 Å². The van der Waals surface area contributed by atoms with Crippen molar-refractivity contribution in [2.24, 2.45) is 16.7 Å². The van der Waals surface area contributed by atoms with Crippen LogP contribution in [-0.4, -0.2) is 47.0 Å². The van der Waals surface area contributed by atoms with Gasteiger partial charge < -0.3 is 4.55 Å². The van der Waals surface area contributed by atoms with E-state index in [1.54, 1.807) is 0 Å². The maximum absolute atomic E-state index is 11.9. The molecule has 7 heteroatoms. The van der Waals surface area contributed by atoms with E-state index >= 15 is 0 Å². The maximum atomic E-state index is 11.9. The topological polar surface area (TPSA) is 91.3 Å². The third-order valence-electron chi connectivity index (χ3n) is 8.59. The van der Waals surface area contributed by atoms with Crippen molar-refractivity contribution in [2.75, 3.05) is 12.0 Å². The van der Waals surface area contributed by atoms with Crippen molar-refractivity contribution in [2.45, 2.75) is 101 Å². The summed E-state index contributed by atoms with van der Waals surface area (Å²) in [5.74, 6) is 0.301. The number of Topliss-reactive ketones (excluding diaryl/α,β-unsaturated/α-hetero) is 2. The van der Waals surface area contributed by atoms with Crippen molar-refractivity contribution >= 4 is 32.6 Å². The van der Waals surface area contributed by atoms with E-state index in [1.807, 2.05) is 13.8 Å². The SMILES string of the molecule is CC1(C)C2CCC1(CS(=O)(=O)[O-])C(=O)C2.C[S+](C1CCCCC1)C1CCCCC1=O. The van der Waals surface area contributed by atoms with Crippen LogP contribution in [-0.2, 0) is 30.6 Å². The Hall–Kier alpha value is -0.400. The molecule has 2 bridgehead atoms. The molecular weight excluding hydrogens is 420 g/mol. The van der Waals surface area contributed by atoms with Gasteiger partial charge in [0.2, 0.25) is 0 Å². The zero-order valence-electron chi connectivity index (χ0n) is 18.8. The predicted molar refractivity (Wildman–Crippen MR) is 121 cm³/mol. The van der Waals surface area contributed by atoms with Gasteiger partial charge in [0.25, 0.3) is 0 Å². The monoisotopic (exact) mass is 458 g/mol. The van der Waals surface area contributed by atoms with E-state index in [0.717, 1.165) is 24.5 Å². The van der Waals surface area contributed by atoms with E-state index in [2.05, 4.69) is 6.26 Å². The second kappa shape index (κ2) is 9.22. The summed E-state index contributed by atoms with van der Waals surface area (Å²) >= 11 is 0. The van der Waals surface area contributed by atoms with Crippen LogP contribution in [0.2, 0.25) is 0 Å². The zero-order valence-corrected chi connectivity index (χ0v) is 20.4. The smallest absolute Gasteiger partial charge is 0.184 e. The molecule has 0 aromatic carbocycles. The third-order valence-corrected chi connectivity index (χ3v) is 12.4. The summed E-state index contributed by atoms with van der Waals surface area (Å²) < 4.78 is 32.7. The first-order valence-electron chi connectivity index (χ1n) is 11.6. The number of fused-ring (bicyclic) bond motifs is 2. The first kappa shape index (κ1) is 24.2. The minimum atomic E-state index is -4.33. The summed E-state index contributed by atoms with van der Waals surface area (Å²) in [5, 5.41) is 1.33. The van der Waals surface area contributed by atoms with Crippen molar-refractivity contribution in [3.05, 3.63) is 0 Å². The van der Waals surface area contributed by atoms with Gasteiger partial charge in [-0.3, -0.25) is 9.59 Å². The van der Waals surface area contributed by atoms with Crippen LogP contribution >= 0.6 is 0 Å². The van der Waals surface area contributed by atoms with Crippen LogP contribution in [0.3, 0.4) is 0 Å². The average Bonchev–Trinajstić information content (AvgIpc) is 3.02. The van der Waals surface area contributed by atoms with Gasteiger partial charge >= 0.3 is 0 Å². The summed E-state index contributed by atoms with van der Waals surface area (Å²) in [4.78, 5) is 23.7. The largest absolute Gasteiger partial charge is 0.748 e. The molecule has 4 atom stereocenters. The first-order chi connectivity index (χ1) is 14.0. The van der Waals surface area contributed by atoms with E-state index in [9.17, 15) is 22.6 Å². The van der Waals surface area contributed by atoms with Crippen LogP contribution in [0.25, 0.3) is 0 Å². The fourth-order valence-electron chi connectivity index (χ4n) is 6.42. The lowest BCUT2D eigenvalue weighted by Gasteiger charge is -2.37. The van der Waals surface area contributed by atoms with E-state index in [4.69, 9.17) is 0 Å². The van der Waals surface area contributed by atoms with Crippen molar-refractivity contribution in [3.8, 4) is 0 Å². The molecular formula is C23H38O5S2. The summed E-state index contributed by atoms with van der Waals surface area (Å²) in [5.41, 5.74) is -1.22. The minimum Gasteiger partial charge on any atom is -0.748 e. The van der Waals surface area contributed by atoms with Crippen molar-refractivity contribution in [1.29, 1.82) is 0 Å². The molecule has 4 aliphatic rings. The molecule has 0 radical (unpaired) electrons. The van der Waals surface area contributed by atoms with Gasteiger partial charge in [-0.2, -0.15) is 0 Å². The van der Waals surface area contributed by atoms with Crippen LogP contribution in [0.1, 0.15) is 90.9 Å². The van der Waals surface area contributed by atoms with E-state index in [0.29, 0.717) is 34.8 Å². The van der Waals surface area contributed by atoms with Gasteiger partial charge in [0.1, 0.15) is 11.0 Å². The molecule has 0 aromatic rings. The second-order valence-corrected chi connectivity index (χ2v) is 14.3. The molecule has 4 rings (SSSR count). The van der Waals surface area contributed by atoms with Gasteiger partial charge in [-0.1, -0.05) is 20.3 Å². The number of carbonyl (C=O) groups excluding carboxylic acids is 2. The van der Waals surface area contributed by atoms with Crippen LogP contribution in [0.5, 0.6) is 0 Å². The Labute approximate surface area is 185 Å². The lowest BCUT2D eigenvalue weighted by atomic mass is 9.70. The Balaban J connectivity index is 0.000000171. The highest BCUT2D eigenvalue weighted by atomic mass is 32.2. The summed E-state index contributed by atoms with van der Waals surface area (Å²) in [6.45, 7) is 3.83. The van der Waals surface area contributed by atoms with Gasteiger partial charge in [-0.25, -0.2) is 8.42 Å². The summed E-state index contributed by atoms with van der Waals surface area (Å²) in [6, 6.07) is 0. The van der Waals surface area contributed by atoms with Crippen molar-refractivity contribution in [3.63, 3.8) is 0 Å². The van der Waals surface area contributed by atoms with Gasteiger partial charge in [-0.05, 0) is 73.6 Å². The number of rotatable bonds is 4. The number of hydrogen-bond acceptors (Lipinski definition) is 5. The highest BCUT2D eigenvalue weighted by Crippen LogP contribution is 2.64. The molecule has 0 amide bonds. The number of ketones is 2. The molecule has 4 saturated carbocycles. The van der Waals surface area contributed by atoms with Crippen molar-refractivity contribution in [1.82, 2.24) is 0 Å².